The third kappa shape index (κ3) is 4.75. The normalized spacial score (nSPS) is 16.7. The maximum absolute atomic E-state index is 11.1. The second-order valence-electron chi connectivity index (χ2n) is 7.38. The highest BCUT2D eigenvalue weighted by molar-refractivity contribution is 5.61. The van der Waals surface area contributed by atoms with E-state index < -0.39 is 4.92 Å². The van der Waals surface area contributed by atoms with E-state index in [0.29, 0.717) is 17.4 Å². The van der Waals surface area contributed by atoms with Crippen LogP contribution in [0, 0.1) is 17.0 Å². The molecule has 2 aromatic carbocycles. The molecule has 0 amide bonds. The summed E-state index contributed by atoms with van der Waals surface area (Å²) in [5, 5.41) is 14.6. The molecular weight excluding hydrogens is 366 g/mol. The predicted molar refractivity (Wildman–Crippen MR) is 113 cm³/mol. The Morgan fingerprint density at radius 1 is 1.14 bits per heavy atom. The number of benzene rings is 2. The standard InChI is InChI=1S/C22H23N5O2/c1-16-12-21(25-22(23-16)18-8-5-9-20(13-18)27(28)29)24-19-10-11-26(15-19)14-17-6-3-2-4-7-17/h2-9,12-13,19H,10-11,14-15H2,1H3,(H,23,24,25)/t19-/m1/s1. The van der Waals surface area contributed by atoms with Crippen LogP contribution in [0.1, 0.15) is 17.7 Å². The highest BCUT2D eigenvalue weighted by atomic mass is 16.6. The van der Waals surface area contributed by atoms with Crippen molar-refractivity contribution in [3.05, 3.63) is 82.0 Å². The predicted octanol–water partition coefficient (Wildman–Crippen LogP) is 4.05. The second-order valence-corrected chi connectivity index (χ2v) is 7.38. The van der Waals surface area contributed by atoms with Gasteiger partial charge in [-0.1, -0.05) is 42.5 Å². The van der Waals surface area contributed by atoms with Gasteiger partial charge in [-0.3, -0.25) is 15.0 Å². The lowest BCUT2D eigenvalue weighted by atomic mass is 10.2. The number of non-ortho nitro benzene ring substituents is 1. The molecule has 1 atom stereocenters. The van der Waals surface area contributed by atoms with Crippen molar-refractivity contribution in [2.45, 2.75) is 25.9 Å². The van der Waals surface area contributed by atoms with Gasteiger partial charge in [0.15, 0.2) is 5.82 Å². The minimum atomic E-state index is -0.404. The van der Waals surface area contributed by atoms with Gasteiger partial charge in [-0.15, -0.1) is 0 Å². The summed E-state index contributed by atoms with van der Waals surface area (Å²) in [4.78, 5) is 22.2. The Morgan fingerprint density at radius 2 is 1.97 bits per heavy atom. The minimum Gasteiger partial charge on any atom is -0.366 e. The highest BCUT2D eigenvalue weighted by Gasteiger charge is 2.23. The average molecular weight is 389 g/mol. The largest absolute Gasteiger partial charge is 0.366 e. The molecule has 0 aliphatic carbocycles. The van der Waals surface area contributed by atoms with Crippen molar-refractivity contribution in [2.24, 2.45) is 0 Å². The van der Waals surface area contributed by atoms with Gasteiger partial charge in [0.1, 0.15) is 5.82 Å². The number of nitrogens with one attached hydrogen (secondary N) is 1. The fourth-order valence-corrected chi connectivity index (χ4v) is 3.67. The minimum absolute atomic E-state index is 0.0365. The first-order valence-electron chi connectivity index (χ1n) is 9.70. The number of nitro benzene ring substituents is 1. The van der Waals surface area contributed by atoms with Crippen LogP contribution in [0.4, 0.5) is 11.5 Å². The van der Waals surface area contributed by atoms with E-state index in [-0.39, 0.29) is 5.69 Å². The van der Waals surface area contributed by atoms with Crippen LogP contribution in [0.15, 0.2) is 60.7 Å². The molecule has 1 aromatic heterocycles. The van der Waals surface area contributed by atoms with Crippen molar-refractivity contribution in [3.8, 4) is 11.4 Å². The number of nitrogens with zero attached hydrogens (tertiary/aromatic N) is 4. The topological polar surface area (TPSA) is 84.2 Å². The Labute approximate surface area is 169 Å². The van der Waals surface area contributed by atoms with Crippen molar-refractivity contribution < 1.29 is 4.92 Å². The van der Waals surface area contributed by atoms with E-state index in [0.717, 1.165) is 37.6 Å². The lowest BCUT2D eigenvalue weighted by Crippen LogP contribution is -2.26. The Kier molecular flexibility index (Phi) is 5.48. The molecule has 3 aromatic rings. The molecule has 29 heavy (non-hydrogen) atoms. The molecule has 1 fully saturated rings. The zero-order valence-electron chi connectivity index (χ0n) is 16.3. The van der Waals surface area contributed by atoms with Crippen molar-refractivity contribution >= 4 is 11.5 Å². The molecule has 7 nitrogen and oxygen atoms in total. The molecule has 0 radical (unpaired) electrons. The van der Waals surface area contributed by atoms with Gasteiger partial charge >= 0.3 is 0 Å². The quantitative estimate of drug-likeness (QED) is 0.506. The van der Waals surface area contributed by atoms with Crippen LogP contribution < -0.4 is 5.32 Å². The first-order chi connectivity index (χ1) is 14.1. The molecule has 0 bridgehead atoms. The summed E-state index contributed by atoms with van der Waals surface area (Å²) in [6.07, 6.45) is 1.04. The zero-order valence-corrected chi connectivity index (χ0v) is 16.3. The Balaban J connectivity index is 1.46. The van der Waals surface area contributed by atoms with Gasteiger partial charge in [-0.2, -0.15) is 0 Å². The average Bonchev–Trinajstić information content (AvgIpc) is 3.15. The molecular formula is C22H23N5O2. The van der Waals surface area contributed by atoms with Crippen LogP contribution in [0.2, 0.25) is 0 Å². The molecule has 148 valence electrons. The summed E-state index contributed by atoms with van der Waals surface area (Å²) in [7, 11) is 0. The smallest absolute Gasteiger partial charge is 0.270 e. The van der Waals surface area contributed by atoms with Gasteiger partial charge in [0.25, 0.3) is 5.69 Å². The van der Waals surface area contributed by atoms with E-state index in [1.165, 1.54) is 17.7 Å². The summed E-state index contributed by atoms with van der Waals surface area (Å²) in [6, 6.07) is 19.1. The van der Waals surface area contributed by atoms with E-state index in [2.05, 4.69) is 44.5 Å². The van der Waals surface area contributed by atoms with Crippen molar-refractivity contribution in [1.82, 2.24) is 14.9 Å². The SMILES string of the molecule is Cc1cc(N[C@@H]2CCN(Cc3ccccc3)C2)nc(-c2cccc([N+](=O)[O-])c2)n1. The van der Waals surface area contributed by atoms with Crippen LogP contribution in [0.3, 0.4) is 0 Å². The molecule has 1 aliphatic rings. The van der Waals surface area contributed by atoms with Crippen LogP contribution in [-0.2, 0) is 6.54 Å². The van der Waals surface area contributed by atoms with E-state index in [1.54, 1.807) is 12.1 Å². The van der Waals surface area contributed by atoms with Crippen molar-refractivity contribution in [2.75, 3.05) is 18.4 Å². The zero-order chi connectivity index (χ0) is 20.2. The first kappa shape index (κ1) is 19.0. The van der Waals surface area contributed by atoms with Gasteiger partial charge in [0, 0.05) is 55.1 Å². The van der Waals surface area contributed by atoms with Crippen molar-refractivity contribution in [1.29, 1.82) is 0 Å². The van der Waals surface area contributed by atoms with Gasteiger partial charge in [-0.05, 0) is 18.9 Å². The number of likely N-dealkylation sites (tertiary alicyclic amines) is 1. The van der Waals surface area contributed by atoms with E-state index in [9.17, 15) is 10.1 Å². The first-order valence-corrected chi connectivity index (χ1v) is 9.70. The molecule has 0 spiro atoms. The fourth-order valence-electron chi connectivity index (χ4n) is 3.67. The number of aromatic nitrogens is 2. The second kappa shape index (κ2) is 8.36. The maximum atomic E-state index is 11.1. The Bertz CT molecular complexity index is 1010. The summed E-state index contributed by atoms with van der Waals surface area (Å²) >= 11 is 0. The molecule has 0 saturated carbocycles. The molecule has 2 heterocycles. The lowest BCUT2D eigenvalue weighted by molar-refractivity contribution is -0.384. The van der Waals surface area contributed by atoms with Crippen molar-refractivity contribution in [3.63, 3.8) is 0 Å². The van der Waals surface area contributed by atoms with Gasteiger partial charge in [0.2, 0.25) is 0 Å². The fraction of sp³-hybridized carbons (Fsp3) is 0.273. The number of rotatable bonds is 6. The molecule has 1 saturated heterocycles. The summed E-state index contributed by atoms with van der Waals surface area (Å²) in [6.45, 7) is 4.84. The van der Waals surface area contributed by atoms with Gasteiger partial charge in [-0.25, -0.2) is 9.97 Å². The maximum Gasteiger partial charge on any atom is 0.270 e. The number of nitro groups is 1. The van der Waals surface area contributed by atoms with Crippen LogP contribution in [-0.4, -0.2) is 38.9 Å². The summed E-state index contributed by atoms with van der Waals surface area (Å²) in [5.41, 5.74) is 2.82. The third-order valence-corrected chi connectivity index (χ3v) is 5.04. The monoisotopic (exact) mass is 389 g/mol. The molecule has 0 unspecified atom stereocenters. The Morgan fingerprint density at radius 3 is 2.76 bits per heavy atom. The summed E-state index contributed by atoms with van der Waals surface area (Å²) in [5.74, 6) is 1.25. The van der Waals surface area contributed by atoms with Gasteiger partial charge < -0.3 is 5.32 Å². The molecule has 1 aliphatic heterocycles. The number of anilines is 1. The molecule has 7 heteroatoms. The van der Waals surface area contributed by atoms with E-state index in [1.807, 2.05) is 19.1 Å². The summed E-state index contributed by atoms with van der Waals surface area (Å²) < 4.78 is 0. The number of hydrogen-bond acceptors (Lipinski definition) is 6. The number of hydrogen-bond donors (Lipinski definition) is 1. The number of aryl methyl sites for hydroxylation is 1. The van der Waals surface area contributed by atoms with E-state index >= 15 is 0 Å². The highest BCUT2D eigenvalue weighted by Crippen LogP contribution is 2.24. The molecule has 4 rings (SSSR count). The lowest BCUT2D eigenvalue weighted by Gasteiger charge is -2.17. The Hall–Kier alpha value is -3.32. The molecule has 1 N–H and O–H groups in total. The third-order valence-electron chi connectivity index (χ3n) is 5.04. The van der Waals surface area contributed by atoms with Crippen LogP contribution in [0.25, 0.3) is 11.4 Å². The van der Waals surface area contributed by atoms with Gasteiger partial charge in [0.05, 0.1) is 4.92 Å². The van der Waals surface area contributed by atoms with E-state index in [4.69, 9.17) is 0 Å². The van der Waals surface area contributed by atoms with Crippen LogP contribution in [0.5, 0.6) is 0 Å². The van der Waals surface area contributed by atoms with Crippen LogP contribution >= 0.6 is 0 Å².